The lowest BCUT2D eigenvalue weighted by atomic mass is 9.71. The highest BCUT2D eigenvalue weighted by atomic mass is 16.5. The molecule has 3 heteroatoms. The van der Waals surface area contributed by atoms with E-state index in [1.54, 1.807) is 12.1 Å². The fraction of sp³-hybridized carbons (Fsp3) is 0.611. The molecule has 2 atom stereocenters. The molecule has 1 fully saturated rings. The van der Waals surface area contributed by atoms with Gasteiger partial charge < -0.3 is 9.84 Å². The molecule has 21 heavy (non-hydrogen) atoms. The first-order valence-electron chi connectivity index (χ1n) is 7.71. The van der Waals surface area contributed by atoms with E-state index >= 15 is 0 Å². The summed E-state index contributed by atoms with van der Waals surface area (Å²) in [7, 11) is 0. The highest BCUT2D eigenvalue weighted by Crippen LogP contribution is 2.39. The molecule has 1 aliphatic carbocycles. The Bertz CT molecular complexity index is 519. The second kappa shape index (κ2) is 6.18. The summed E-state index contributed by atoms with van der Waals surface area (Å²) in [6.07, 6.45) is 3.79. The average molecular weight is 290 g/mol. The fourth-order valence-electron chi connectivity index (χ4n) is 3.58. The van der Waals surface area contributed by atoms with Gasteiger partial charge >= 0.3 is 5.97 Å². The molecule has 0 saturated heterocycles. The minimum Gasteiger partial charge on any atom is -0.478 e. The molecule has 0 spiro atoms. The summed E-state index contributed by atoms with van der Waals surface area (Å²) in [5.41, 5.74) is 2.75. The molecule has 0 amide bonds. The van der Waals surface area contributed by atoms with Crippen LogP contribution in [0.5, 0.6) is 0 Å². The molecule has 3 nitrogen and oxygen atoms in total. The van der Waals surface area contributed by atoms with E-state index in [1.165, 1.54) is 6.42 Å². The highest BCUT2D eigenvalue weighted by molar-refractivity contribution is 5.87. The van der Waals surface area contributed by atoms with E-state index in [4.69, 9.17) is 9.84 Å². The summed E-state index contributed by atoms with van der Waals surface area (Å²) in [6.45, 7) is 9.43. The van der Waals surface area contributed by atoms with Crippen LogP contribution in [0.25, 0.3) is 0 Å². The zero-order valence-corrected chi connectivity index (χ0v) is 13.5. The van der Waals surface area contributed by atoms with Gasteiger partial charge in [0.1, 0.15) is 0 Å². The fourth-order valence-corrected chi connectivity index (χ4v) is 3.58. The summed E-state index contributed by atoms with van der Waals surface area (Å²) < 4.78 is 6.11. The Morgan fingerprint density at radius 2 is 2.10 bits per heavy atom. The molecule has 0 aromatic heterocycles. The van der Waals surface area contributed by atoms with Crippen LogP contribution in [-0.4, -0.2) is 17.2 Å². The largest absolute Gasteiger partial charge is 0.478 e. The molecule has 1 N–H and O–H groups in total. The second-order valence-corrected chi connectivity index (χ2v) is 7.29. The topological polar surface area (TPSA) is 46.5 Å². The lowest BCUT2D eigenvalue weighted by molar-refractivity contribution is -0.0317. The smallest absolute Gasteiger partial charge is 0.335 e. The molecule has 2 unspecified atom stereocenters. The molecule has 116 valence electrons. The van der Waals surface area contributed by atoms with Gasteiger partial charge in [-0.2, -0.15) is 0 Å². The third kappa shape index (κ3) is 4.31. The Labute approximate surface area is 127 Å². The van der Waals surface area contributed by atoms with E-state index < -0.39 is 5.97 Å². The minimum atomic E-state index is -0.881. The van der Waals surface area contributed by atoms with Crippen molar-refractivity contribution in [3.8, 4) is 0 Å². The summed E-state index contributed by atoms with van der Waals surface area (Å²) in [6, 6.07) is 5.24. The maximum Gasteiger partial charge on any atom is 0.335 e. The van der Waals surface area contributed by atoms with E-state index in [9.17, 15) is 4.79 Å². The zero-order chi connectivity index (χ0) is 15.6. The van der Waals surface area contributed by atoms with Gasteiger partial charge in [0, 0.05) is 0 Å². The molecule has 0 aliphatic heterocycles. The maximum atomic E-state index is 10.9. The standard InChI is InChI=1S/C18H26O3/c1-12-7-16(10-18(3,4)9-12)21-11-15-6-5-14(17(19)20)8-13(15)2/h5-6,8,12,16H,7,9-11H2,1-4H3,(H,19,20). The predicted molar refractivity (Wildman–Crippen MR) is 83.5 cm³/mol. The molecule has 1 aromatic carbocycles. The lowest BCUT2D eigenvalue weighted by Gasteiger charge is -2.38. The van der Waals surface area contributed by atoms with Crippen molar-refractivity contribution in [2.24, 2.45) is 11.3 Å². The Hall–Kier alpha value is -1.35. The van der Waals surface area contributed by atoms with Crippen molar-refractivity contribution in [1.82, 2.24) is 0 Å². The first-order valence-corrected chi connectivity index (χ1v) is 7.71. The van der Waals surface area contributed by atoms with Gasteiger partial charge in [0.15, 0.2) is 0 Å². The normalized spacial score (nSPS) is 24.8. The zero-order valence-electron chi connectivity index (χ0n) is 13.5. The molecule has 1 aliphatic rings. The van der Waals surface area contributed by atoms with Crippen LogP contribution in [0.2, 0.25) is 0 Å². The molecule has 0 radical (unpaired) electrons. The van der Waals surface area contributed by atoms with Crippen molar-refractivity contribution in [2.45, 2.75) is 59.7 Å². The van der Waals surface area contributed by atoms with Gasteiger partial charge in [-0.15, -0.1) is 0 Å². The quantitative estimate of drug-likeness (QED) is 0.892. The lowest BCUT2D eigenvalue weighted by Crippen LogP contribution is -2.32. The van der Waals surface area contributed by atoms with Crippen molar-refractivity contribution >= 4 is 5.97 Å². The molecular formula is C18H26O3. The monoisotopic (exact) mass is 290 g/mol. The van der Waals surface area contributed by atoms with Crippen LogP contribution in [0.3, 0.4) is 0 Å². The Kier molecular flexibility index (Phi) is 4.72. The number of carbonyl (C=O) groups is 1. The number of aromatic carboxylic acids is 1. The number of carboxylic acids is 1. The number of hydrogen-bond donors (Lipinski definition) is 1. The molecule has 1 aromatic rings. The first-order chi connectivity index (χ1) is 9.77. The van der Waals surface area contributed by atoms with Gasteiger partial charge in [0.2, 0.25) is 0 Å². The van der Waals surface area contributed by atoms with E-state index in [0.717, 1.165) is 24.0 Å². The van der Waals surface area contributed by atoms with Gasteiger partial charge in [-0.25, -0.2) is 4.79 Å². The number of carboxylic acid groups (broad SMARTS) is 1. The van der Waals surface area contributed by atoms with E-state index in [0.29, 0.717) is 29.6 Å². The van der Waals surface area contributed by atoms with Crippen LogP contribution in [0.1, 0.15) is 61.5 Å². The van der Waals surface area contributed by atoms with Gasteiger partial charge in [-0.05, 0) is 60.8 Å². The SMILES string of the molecule is Cc1cc(C(=O)O)ccc1COC1CC(C)CC(C)(C)C1. The van der Waals surface area contributed by atoms with Crippen molar-refractivity contribution < 1.29 is 14.6 Å². The van der Waals surface area contributed by atoms with Crippen LogP contribution < -0.4 is 0 Å². The minimum absolute atomic E-state index is 0.308. The Balaban J connectivity index is 1.98. The average Bonchev–Trinajstić information content (AvgIpc) is 2.34. The maximum absolute atomic E-state index is 10.9. The van der Waals surface area contributed by atoms with Crippen LogP contribution >= 0.6 is 0 Å². The number of aryl methyl sites for hydroxylation is 1. The van der Waals surface area contributed by atoms with E-state index in [-0.39, 0.29) is 0 Å². The van der Waals surface area contributed by atoms with Crippen molar-refractivity contribution in [2.75, 3.05) is 0 Å². The number of hydrogen-bond acceptors (Lipinski definition) is 2. The number of rotatable bonds is 4. The van der Waals surface area contributed by atoms with Gasteiger partial charge in [-0.1, -0.05) is 26.8 Å². The van der Waals surface area contributed by atoms with Crippen molar-refractivity contribution in [1.29, 1.82) is 0 Å². The third-order valence-corrected chi connectivity index (χ3v) is 4.41. The van der Waals surface area contributed by atoms with Gasteiger partial charge in [-0.3, -0.25) is 0 Å². The predicted octanol–water partition coefficient (Wildman–Crippen LogP) is 4.42. The summed E-state index contributed by atoms with van der Waals surface area (Å²) >= 11 is 0. The third-order valence-electron chi connectivity index (χ3n) is 4.41. The van der Waals surface area contributed by atoms with E-state index in [2.05, 4.69) is 20.8 Å². The van der Waals surface area contributed by atoms with Crippen LogP contribution in [-0.2, 0) is 11.3 Å². The van der Waals surface area contributed by atoms with E-state index in [1.807, 2.05) is 13.0 Å². The Morgan fingerprint density at radius 1 is 1.38 bits per heavy atom. The highest BCUT2D eigenvalue weighted by Gasteiger charge is 2.32. The van der Waals surface area contributed by atoms with Gasteiger partial charge in [0.25, 0.3) is 0 Å². The molecule has 2 rings (SSSR count). The first kappa shape index (κ1) is 16.0. The van der Waals surface area contributed by atoms with Crippen LogP contribution in [0.4, 0.5) is 0 Å². The molecule has 1 saturated carbocycles. The molecule has 0 heterocycles. The van der Waals surface area contributed by atoms with Crippen molar-refractivity contribution in [3.63, 3.8) is 0 Å². The van der Waals surface area contributed by atoms with Crippen LogP contribution in [0.15, 0.2) is 18.2 Å². The summed E-state index contributed by atoms with van der Waals surface area (Å²) in [4.78, 5) is 10.9. The van der Waals surface area contributed by atoms with Gasteiger partial charge in [0.05, 0.1) is 18.3 Å². The second-order valence-electron chi connectivity index (χ2n) is 7.29. The summed E-state index contributed by atoms with van der Waals surface area (Å²) in [5, 5.41) is 8.99. The number of benzene rings is 1. The van der Waals surface area contributed by atoms with Crippen molar-refractivity contribution in [3.05, 3.63) is 34.9 Å². The molecular weight excluding hydrogens is 264 g/mol. The Morgan fingerprint density at radius 3 is 2.67 bits per heavy atom. The summed E-state index contributed by atoms with van der Waals surface area (Å²) in [5.74, 6) is -0.178. The number of ether oxygens (including phenoxy) is 1. The molecule has 0 bridgehead atoms. The van der Waals surface area contributed by atoms with Crippen LogP contribution in [0, 0.1) is 18.3 Å².